The molecule has 0 radical (unpaired) electrons. The van der Waals surface area contributed by atoms with Crippen LogP contribution in [0.5, 0.6) is 0 Å². The number of hydrogen-bond acceptors (Lipinski definition) is 2. The first kappa shape index (κ1) is 14.1. The Morgan fingerprint density at radius 1 is 1.53 bits per heavy atom. The second-order valence-electron chi connectivity index (χ2n) is 3.96. The van der Waals surface area contributed by atoms with Gasteiger partial charge in [0.25, 0.3) is 0 Å². The number of carbonyl (C=O) groups excluding carboxylic acids is 1. The molecule has 7 heteroatoms. The monoisotopic (exact) mass is 303 g/mol. The van der Waals surface area contributed by atoms with E-state index in [0.717, 1.165) is 0 Å². The van der Waals surface area contributed by atoms with Crippen molar-refractivity contribution < 1.29 is 9.18 Å². The van der Waals surface area contributed by atoms with Crippen LogP contribution in [0.4, 0.5) is 4.39 Å². The second kappa shape index (κ2) is 5.75. The number of fused-ring (bicyclic) bond motifs is 1. The summed E-state index contributed by atoms with van der Waals surface area (Å²) in [5, 5.41) is 2.68. The number of nitrogens with one attached hydrogen (secondary N) is 1. The molecule has 0 spiro atoms. The highest BCUT2D eigenvalue weighted by molar-refractivity contribution is 6.31. The number of hydrogen-bond donors (Lipinski definition) is 1. The van der Waals surface area contributed by atoms with Gasteiger partial charge in [0.05, 0.1) is 21.9 Å². The van der Waals surface area contributed by atoms with Crippen molar-refractivity contribution in [2.24, 2.45) is 0 Å². The molecule has 2 rings (SSSR count). The topological polar surface area (TPSA) is 46.9 Å². The third-order valence-electron chi connectivity index (χ3n) is 2.66. The molecule has 0 saturated carbocycles. The molecule has 0 atom stereocenters. The Bertz CT molecular complexity index is 627. The molecule has 0 unspecified atom stereocenters. The van der Waals surface area contributed by atoms with Gasteiger partial charge in [0.1, 0.15) is 18.2 Å². The van der Waals surface area contributed by atoms with Crippen molar-refractivity contribution in [2.45, 2.75) is 19.3 Å². The minimum Gasteiger partial charge on any atom is -0.355 e. The third kappa shape index (κ3) is 2.82. The van der Waals surface area contributed by atoms with Crippen LogP contribution in [0, 0.1) is 5.82 Å². The Kier molecular flexibility index (Phi) is 4.27. The fraction of sp³-hybridized carbons (Fsp3) is 0.333. The Labute approximate surface area is 119 Å². The molecule has 1 aromatic carbocycles. The van der Waals surface area contributed by atoms with Gasteiger partial charge >= 0.3 is 0 Å². The van der Waals surface area contributed by atoms with E-state index in [1.54, 1.807) is 4.57 Å². The Morgan fingerprint density at radius 3 is 2.89 bits per heavy atom. The van der Waals surface area contributed by atoms with Crippen molar-refractivity contribution in [3.05, 3.63) is 28.8 Å². The molecular formula is C12H12Cl2FN3O. The van der Waals surface area contributed by atoms with Gasteiger partial charge in [-0.05, 0) is 13.0 Å². The van der Waals surface area contributed by atoms with E-state index in [-0.39, 0.29) is 23.4 Å². The fourth-order valence-corrected chi connectivity index (χ4v) is 2.21. The van der Waals surface area contributed by atoms with Crippen LogP contribution in [-0.4, -0.2) is 22.0 Å². The molecule has 0 aliphatic carbocycles. The molecule has 2 aromatic rings. The molecule has 1 heterocycles. The Balaban J connectivity index is 2.50. The van der Waals surface area contributed by atoms with Gasteiger partial charge in [0, 0.05) is 12.6 Å². The van der Waals surface area contributed by atoms with Crippen LogP contribution in [0.3, 0.4) is 0 Å². The molecule has 0 fully saturated rings. The van der Waals surface area contributed by atoms with Crippen LogP contribution in [0.25, 0.3) is 11.0 Å². The molecule has 0 bridgehead atoms. The van der Waals surface area contributed by atoms with Crippen molar-refractivity contribution in [1.29, 1.82) is 0 Å². The first-order chi connectivity index (χ1) is 9.06. The zero-order valence-electron chi connectivity index (χ0n) is 10.2. The summed E-state index contributed by atoms with van der Waals surface area (Å²) in [6, 6.07) is 2.69. The maximum absolute atomic E-state index is 13.4. The van der Waals surface area contributed by atoms with E-state index in [9.17, 15) is 9.18 Å². The van der Waals surface area contributed by atoms with Gasteiger partial charge < -0.3 is 9.88 Å². The molecule has 0 saturated heterocycles. The van der Waals surface area contributed by atoms with Crippen LogP contribution < -0.4 is 5.32 Å². The first-order valence-electron chi connectivity index (χ1n) is 5.73. The summed E-state index contributed by atoms with van der Waals surface area (Å²) in [5.74, 6) is -0.0657. The number of halogens is 3. The van der Waals surface area contributed by atoms with Gasteiger partial charge in [0.15, 0.2) is 0 Å². The number of amides is 1. The van der Waals surface area contributed by atoms with Gasteiger partial charge in [-0.15, -0.1) is 11.6 Å². The number of benzene rings is 1. The normalized spacial score (nSPS) is 10.9. The van der Waals surface area contributed by atoms with Crippen LogP contribution in [0.2, 0.25) is 5.02 Å². The molecule has 0 aliphatic rings. The molecular weight excluding hydrogens is 292 g/mol. The van der Waals surface area contributed by atoms with E-state index in [0.29, 0.717) is 23.4 Å². The third-order valence-corrected chi connectivity index (χ3v) is 3.19. The number of nitrogens with zero attached hydrogens (tertiary/aromatic N) is 2. The average Bonchev–Trinajstić information content (AvgIpc) is 2.68. The molecule has 19 heavy (non-hydrogen) atoms. The number of alkyl halides is 1. The van der Waals surface area contributed by atoms with E-state index in [1.807, 2.05) is 6.92 Å². The largest absolute Gasteiger partial charge is 0.355 e. The zero-order valence-corrected chi connectivity index (χ0v) is 11.7. The standard InChI is InChI=1S/C12H12Cl2FN3O/c1-2-16-12(19)6-18-10-3-7(14)8(15)4-9(10)17-11(18)5-13/h3-4H,2,5-6H2,1H3,(H,16,19). The average molecular weight is 304 g/mol. The number of rotatable bonds is 4. The van der Waals surface area contributed by atoms with Gasteiger partial charge in [-0.25, -0.2) is 9.37 Å². The quantitative estimate of drug-likeness (QED) is 0.883. The summed E-state index contributed by atoms with van der Waals surface area (Å²) in [7, 11) is 0. The van der Waals surface area contributed by atoms with Crippen molar-refractivity contribution in [2.75, 3.05) is 6.54 Å². The summed E-state index contributed by atoms with van der Waals surface area (Å²) < 4.78 is 15.0. The lowest BCUT2D eigenvalue weighted by Gasteiger charge is -2.07. The lowest BCUT2D eigenvalue weighted by atomic mass is 10.3. The summed E-state index contributed by atoms with van der Waals surface area (Å²) in [5.41, 5.74) is 1.02. The van der Waals surface area contributed by atoms with Gasteiger partial charge in [0.2, 0.25) is 5.91 Å². The van der Waals surface area contributed by atoms with Crippen LogP contribution in [0.15, 0.2) is 12.1 Å². The summed E-state index contributed by atoms with van der Waals surface area (Å²) >= 11 is 11.6. The number of imidazole rings is 1. The minimum atomic E-state index is -0.544. The molecule has 4 nitrogen and oxygen atoms in total. The number of aromatic nitrogens is 2. The highest BCUT2D eigenvalue weighted by Crippen LogP contribution is 2.24. The van der Waals surface area contributed by atoms with Crippen molar-refractivity contribution in [1.82, 2.24) is 14.9 Å². The van der Waals surface area contributed by atoms with E-state index in [1.165, 1.54) is 12.1 Å². The zero-order chi connectivity index (χ0) is 14.0. The second-order valence-corrected chi connectivity index (χ2v) is 4.63. The maximum Gasteiger partial charge on any atom is 0.239 e. The van der Waals surface area contributed by atoms with Crippen molar-refractivity contribution >= 4 is 40.1 Å². The predicted octanol–water partition coefficient (Wildman–Crippen LogP) is 2.70. The highest BCUT2D eigenvalue weighted by atomic mass is 35.5. The maximum atomic E-state index is 13.4. The van der Waals surface area contributed by atoms with Gasteiger partial charge in [-0.3, -0.25) is 4.79 Å². The molecule has 102 valence electrons. The van der Waals surface area contributed by atoms with Crippen molar-refractivity contribution in [3.8, 4) is 0 Å². The summed E-state index contributed by atoms with van der Waals surface area (Å²) in [6.45, 7) is 2.45. The molecule has 1 amide bonds. The predicted molar refractivity (Wildman–Crippen MR) is 72.9 cm³/mol. The molecule has 1 aromatic heterocycles. The summed E-state index contributed by atoms with van der Waals surface area (Å²) in [4.78, 5) is 15.9. The SMILES string of the molecule is CCNC(=O)Cn1c(CCl)nc2cc(F)c(Cl)cc21. The van der Waals surface area contributed by atoms with Gasteiger partial charge in [-0.1, -0.05) is 11.6 Å². The van der Waals surface area contributed by atoms with E-state index < -0.39 is 5.82 Å². The number of likely N-dealkylation sites (N-methyl/N-ethyl adjacent to an activating group) is 1. The number of carbonyl (C=O) groups is 1. The van der Waals surface area contributed by atoms with E-state index >= 15 is 0 Å². The minimum absolute atomic E-state index is 0.00864. The smallest absolute Gasteiger partial charge is 0.239 e. The van der Waals surface area contributed by atoms with E-state index in [4.69, 9.17) is 23.2 Å². The van der Waals surface area contributed by atoms with Crippen LogP contribution in [0.1, 0.15) is 12.7 Å². The van der Waals surface area contributed by atoms with Gasteiger partial charge in [-0.2, -0.15) is 0 Å². The van der Waals surface area contributed by atoms with Crippen molar-refractivity contribution in [3.63, 3.8) is 0 Å². The Morgan fingerprint density at radius 2 is 2.26 bits per heavy atom. The molecule has 1 N–H and O–H groups in total. The first-order valence-corrected chi connectivity index (χ1v) is 6.64. The fourth-order valence-electron chi connectivity index (χ4n) is 1.85. The Hall–Kier alpha value is -1.33. The van der Waals surface area contributed by atoms with Crippen LogP contribution in [-0.2, 0) is 17.2 Å². The highest BCUT2D eigenvalue weighted by Gasteiger charge is 2.15. The summed E-state index contributed by atoms with van der Waals surface area (Å²) in [6.07, 6.45) is 0. The van der Waals surface area contributed by atoms with Crippen LogP contribution >= 0.6 is 23.2 Å². The lowest BCUT2D eigenvalue weighted by molar-refractivity contribution is -0.121. The molecule has 0 aliphatic heterocycles. The van der Waals surface area contributed by atoms with E-state index in [2.05, 4.69) is 10.3 Å². The lowest BCUT2D eigenvalue weighted by Crippen LogP contribution is -2.27.